The minimum Gasteiger partial charge on any atom is -0.452 e. The summed E-state index contributed by atoms with van der Waals surface area (Å²) in [5.74, 6) is -0.728. The Morgan fingerprint density at radius 1 is 0.833 bits per heavy atom. The van der Waals surface area contributed by atoms with Gasteiger partial charge < -0.3 is 9.64 Å². The first-order valence-corrected chi connectivity index (χ1v) is 9.90. The van der Waals surface area contributed by atoms with E-state index in [9.17, 15) is 9.59 Å². The Kier molecular flexibility index (Phi) is 5.48. The molecular formula is C26H23NO3. The highest BCUT2D eigenvalue weighted by Crippen LogP contribution is 2.29. The van der Waals surface area contributed by atoms with Crippen molar-refractivity contribution in [1.82, 2.24) is 4.90 Å². The number of benzene rings is 4. The fraction of sp³-hybridized carbons (Fsp3) is 0.154. The lowest BCUT2D eigenvalue weighted by molar-refractivity contribution is -0.133. The van der Waals surface area contributed by atoms with Gasteiger partial charge in [0.05, 0.1) is 5.56 Å². The minimum atomic E-state index is -0.486. The Morgan fingerprint density at radius 3 is 2.00 bits per heavy atom. The number of esters is 1. The predicted octanol–water partition coefficient (Wildman–Crippen LogP) is 5.12. The van der Waals surface area contributed by atoms with Crippen LogP contribution >= 0.6 is 0 Å². The van der Waals surface area contributed by atoms with Gasteiger partial charge >= 0.3 is 5.97 Å². The number of carbonyl (C=O) groups is 2. The smallest absolute Gasteiger partial charge is 0.339 e. The second-order valence-corrected chi connectivity index (χ2v) is 7.51. The quantitative estimate of drug-likeness (QED) is 0.347. The SMILES string of the molecule is Cc1ccc(CN(C)C(=O)COC(=O)c2c3ccccc3cc3ccccc23)cc1. The summed E-state index contributed by atoms with van der Waals surface area (Å²) >= 11 is 0. The molecule has 0 heterocycles. The van der Waals surface area contributed by atoms with Gasteiger partial charge in [0.2, 0.25) is 0 Å². The third-order valence-electron chi connectivity index (χ3n) is 5.27. The Labute approximate surface area is 175 Å². The summed E-state index contributed by atoms with van der Waals surface area (Å²) in [5.41, 5.74) is 2.70. The molecule has 0 N–H and O–H groups in total. The van der Waals surface area contributed by atoms with E-state index in [1.54, 1.807) is 11.9 Å². The monoisotopic (exact) mass is 397 g/mol. The summed E-state index contributed by atoms with van der Waals surface area (Å²) in [5, 5.41) is 3.57. The van der Waals surface area contributed by atoms with Crippen molar-refractivity contribution < 1.29 is 14.3 Å². The Hall–Kier alpha value is -3.66. The van der Waals surface area contributed by atoms with Crippen LogP contribution in [0.3, 0.4) is 0 Å². The van der Waals surface area contributed by atoms with Gasteiger partial charge in [0.15, 0.2) is 6.61 Å². The van der Waals surface area contributed by atoms with E-state index in [-0.39, 0.29) is 12.5 Å². The fourth-order valence-electron chi connectivity index (χ4n) is 3.60. The standard InChI is InChI=1S/C26H23NO3/c1-18-11-13-19(14-12-18)16-27(2)24(28)17-30-26(29)25-22-9-5-3-7-20(22)15-21-8-4-6-10-23(21)25/h3-15H,16-17H2,1-2H3. The van der Waals surface area contributed by atoms with Crippen LogP contribution in [0.1, 0.15) is 21.5 Å². The van der Waals surface area contributed by atoms with Crippen molar-refractivity contribution in [3.8, 4) is 0 Å². The van der Waals surface area contributed by atoms with E-state index >= 15 is 0 Å². The summed E-state index contributed by atoms with van der Waals surface area (Å²) < 4.78 is 5.45. The second kappa shape index (κ2) is 8.37. The molecule has 4 heteroatoms. The van der Waals surface area contributed by atoms with Crippen LogP contribution in [0.4, 0.5) is 0 Å². The van der Waals surface area contributed by atoms with Gasteiger partial charge in [-0.3, -0.25) is 4.79 Å². The summed E-state index contributed by atoms with van der Waals surface area (Å²) in [6, 6.07) is 25.5. The summed E-state index contributed by atoms with van der Waals surface area (Å²) in [6.07, 6.45) is 0. The van der Waals surface area contributed by atoms with Crippen molar-refractivity contribution in [1.29, 1.82) is 0 Å². The van der Waals surface area contributed by atoms with Gasteiger partial charge in [-0.2, -0.15) is 0 Å². The van der Waals surface area contributed by atoms with Crippen LogP contribution in [-0.2, 0) is 16.1 Å². The zero-order valence-electron chi connectivity index (χ0n) is 17.1. The molecule has 0 saturated heterocycles. The van der Waals surface area contributed by atoms with Gasteiger partial charge in [0, 0.05) is 13.6 Å². The molecule has 1 amide bonds. The topological polar surface area (TPSA) is 46.6 Å². The third-order valence-corrected chi connectivity index (χ3v) is 5.27. The third kappa shape index (κ3) is 4.03. The number of fused-ring (bicyclic) bond motifs is 2. The number of amides is 1. The molecule has 0 aromatic heterocycles. The maximum absolute atomic E-state index is 13.0. The van der Waals surface area contributed by atoms with Crippen LogP contribution < -0.4 is 0 Å². The van der Waals surface area contributed by atoms with Crippen LogP contribution in [0.25, 0.3) is 21.5 Å². The van der Waals surface area contributed by atoms with E-state index in [1.165, 1.54) is 5.56 Å². The first-order chi connectivity index (χ1) is 14.5. The first kappa shape index (κ1) is 19.6. The average molecular weight is 397 g/mol. The summed E-state index contributed by atoms with van der Waals surface area (Å²) in [6.45, 7) is 2.20. The van der Waals surface area contributed by atoms with Crippen LogP contribution in [0.2, 0.25) is 0 Å². The molecule has 4 rings (SSSR count). The highest BCUT2D eigenvalue weighted by molar-refractivity contribution is 6.16. The van der Waals surface area contributed by atoms with E-state index in [0.717, 1.165) is 27.1 Å². The molecule has 0 spiro atoms. The van der Waals surface area contributed by atoms with Gasteiger partial charge in [0.25, 0.3) is 5.91 Å². The molecule has 0 bridgehead atoms. The first-order valence-electron chi connectivity index (χ1n) is 9.90. The fourth-order valence-corrected chi connectivity index (χ4v) is 3.60. The maximum Gasteiger partial charge on any atom is 0.339 e. The number of hydrogen-bond acceptors (Lipinski definition) is 3. The van der Waals surface area contributed by atoms with Gasteiger partial charge in [-0.1, -0.05) is 78.4 Å². The molecule has 0 fully saturated rings. The van der Waals surface area contributed by atoms with Crippen LogP contribution in [0.5, 0.6) is 0 Å². The Balaban J connectivity index is 1.53. The van der Waals surface area contributed by atoms with Gasteiger partial charge in [0.1, 0.15) is 0 Å². The predicted molar refractivity (Wildman–Crippen MR) is 119 cm³/mol. The number of nitrogens with zero attached hydrogens (tertiary/aromatic N) is 1. The maximum atomic E-state index is 13.0. The van der Waals surface area contributed by atoms with Crippen molar-refractivity contribution >= 4 is 33.4 Å². The van der Waals surface area contributed by atoms with E-state index in [0.29, 0.717) is 12.1 Å². The van der Waals surface area contributed by atoms with Crippen LogP contribution in [-0.4, -0.2) is 30.4 Å². The minimum absolute atomic E-state index is 0.242. The van der Waals surface area contributed by atoms with Crippen molar-refractivity contribution in [2.45, 2.75) is 13.5 Å². The lowest BCUT2D eigenvalue weighted by Crippen LogP contribution is -2.30. The average Bonchev–Trinajstić information content (AvgIpc) is 2.77. The molecule has 30 heavy (non-hydrogen) atoms. The van der Waals surface area contributed by atoms with Crippen LogP contribution in [0.15, 0.2) is 78.9 Å². The number of carbonyl (C=O) groups excluding carboxylic acids is 2. The highest BCUT2D eigenvalue weighted by atomic mass is 16.5. The highest BCUT2D eigenvalue weighted by Gasteiger charge is 2.18. The Bertz CT molecular complexity index is 1170. The zero-order chi connectivity index (χ0) is 21.1. The van der Waals surface area contributed by atoms with Crippen molar-refractivity contribution in [3.05, 3.63) is 95.6 Å². The number of aryl methyl sites for hydroxylation is 1. The van der Waals surface area contributed by atoms with E-state index < -0.39 is 5.97 Å². The molecule has 0 saturated carbocycles. The molecule has 0 atom stereocenters. The molecule has 0 aliphatic rings. The van der Waals surface area contributed by atoms with Crippen LogP contribution in [0, 0.1) is 6.92 Å². The van der Waals surface area contributed by atoms with Gasteiger partial charge in [-0.25, -0.2) is 4.79 Å². The number of rotatable bonds is 5. The molecule has 0 aliphatic carbocycles. The summed E-state index contributed by atoms with van der Waals surface area (Å²) in [7, 11) is 1.71. The molecular weight excluding hydrogens is 374 g/mol. The van der Waals surface area contributed by atoms with Crippen molar-refractivity contribution in [2.75, 3.05) is 13.7 Å². The van der Waals surface area contributed by atoms with E-state index in [4.69, 9.17) is 4.74 Å². The molecule has 150 valence electrons. The molecule has 0 radical (unpaired) electrons. The number of likely N-dealkylation sites (N-methyl/N-ethyl adjacent to an activating group) is 1. The second-order valence-electron chi connectivity index (χ2n) is 7.51. The number of hydrogen-bond donors (Lipinski definition) is 0. The van der Waals surface area contributed by atoms with Gasteiger partial charge in [-0.15, -0.1) is 0 Å². The molecule has 4 nitrogen and oxygen atoms in total. The van der Waals surface area contributed by atoms with Crippen molar-refractivity contribution in [2.24, 2.45) is 0 Å². The largest absolute Gasteiger partial charge is 0.452 e. The molecule has 0 unspecified atom stereocenters. The Morgan fingerprint density at radius 2 is 1.40 bits per heavy atom. The zero-order valence-corrected chi connectivity index (χ0v) is 17.1. The molecule has 0 aliphatic heterocycles. The molecule has 4 aromatic rings. The van der Waals surface area contributed by atoms with E-state index in [1.807, 2.05) is 79.7 Å². The normalized spacial score (nSPS) is 10.9. The van der Waals surface area contributed by atoms with Gasteiger partial charge in [-0.05, 0) is 40.1 Å². The number of ether oxygens (including phenoxy) is 1. The lowest BCUT2D eigenvalue weighted by Gasteiger charge is -2.18. The van der Waals surface area contributed by atoms with E-state index in [2.05, 4.69) is 6.07 Å². The summed E-state index contributed by atoms with van der Waals surface area (Å²) in [4.78, 5) is 27.1. The lowest BCUT2D eigenvalue weighted by atomic mass is 9.97. The molecule has 4 aromatic carbocycles. The van der Waals surface area contributed by atoms with Crippen molar-refractivity contribution in [3.63, 3.8) is 0 Å².